The number of aryl methyl sites for hydroxylation is 2. The first-order chi connectivity index (χ1) is 10.5. The fourth-order valence-electron chi connectivity index (χ4n) is 2.59. The van der Waals surface area contributed by atoms with Gasteiger partial charge in [0.25, 0.3) is 0 Å². The lowest BCUT2D eigenvalue weighted by Gasteiger charge is -2.15. The zero-order valence-electron chi connectivity index (χ0n) is 13.5. The Morgan fingerprint density at radius 1 is 1.45 bits per heavy atom. The third-order valence-corrected chi connectivity index (χ3v) is 3.84. The first-order valence-electron chi connectivity index (χ1n) is 7.63. The van der Waals surface area contributed by atoms with Gasteiger partial charge >= 0.3 is 0 Å². The molecule has 1 aliphatic heterocycles. The number of amides is 1. The molecule has 1 aliphatic rings. The molecule has 2 heterocycles. The standard InChI is InChI=1S/C16H23N5O/c1-5-6-7-16(19-20-16)8-9-17-15(22)11-14(4)21-13(3)10-12(2)18-21/h1,10,14H,6-9,11H2,2-4H3,(H,17,22). The second-order valence-corrected chi connectivity index (χ2v) is 5.91. The largest absolute Gasteiger partial charge is 0.356 e. The smallest absolute Gasteiger partial charge is 0.222 e. The van der Waals surface area contributed by atoms with Gasteiger partial charge in [0.2, 0.25) is 5.91 Å². The number of carbonyl (C=O) groups is 1. The van der Waals surface area contributed by atoms with Crippen LogP contribution in [0.25, 0.3) is 0 Å². The zero-order valence-corrected chi connectivity index (χ0v) is 13.5. The van der Waals surface area contributed by atoms with Crippen molar-refractivity contribution in [3.05, 3.63) is 17.5 Å². The summed E-state index contributed by atoms with van der Waals surface area (Å²) in [5.41, 5.74) is 1.71. The predicted octanol–water partition coefficient (Wildman–Crippen LogP) is 2.53. The average Bonchev–Trinajstić information content (AvgIpc) is 3.14. The molecule has 0 fully saturated rings. The van der Waals surface area contributed by atoms with Crippen LogP contribution < -0.4 is 5.32 Å². The van der Waals surface area contributed by atoms with Gasteiger partial charge in [-0.1, -0.05) is 0 Å². The van der Waals surface area contributed by atoms with Gasteiger partial charge < -0.3 is 5.32 Å². The molecule has 1 unspecified atom stereocenters. The fraction of sp³-hybridized carbons (Fsp3) is 0.625. The van der Waals surface area contributed by atoms with Crippen LogP contribution in [0, 0.1) is 26.2 Å². The molecule has 22 heavy (non-hydrogen) atoms. The van der Waals surface area contributed by atoms with Gasteiger partial charge in [-0.05, 0) is 26.8 Å². The van der Waals surface area contributed by atoms with Crippen molar-refractivity contribution in [1.29, 1.82) is 0 Å². The first kappa shape index (κ1) is 16.2. The van der Waals surface area contributed by atoms with E-state index >= 15 is 0 Å². The molecule has 2 rings (SSSR count). The van der Waals surface area contributed by atoms with Crippen LogP contribution in [0.3, 0.4) is 0 Å². The number of nitrogens with one attached hydrogen (secondary N) is 1. The van der Waals surface area contributed by atoms with Crippen molar-refractivity contribution in [2.24, 2.45) is 10.2 Å². The van der Waals surface area contributed by atoms with E-state index in [4.69, 9.17) is 6.42 Å². The van der Waals surface area contributed by atoms with Crippen molar-refractivity contribution in [3.63, 3.8) is 0 Å². The molecular formula is C16H23N5O. The van der Waals surface area contributed by atoms with Crippen LogP contribution in [-0.2, 0) is 4.79 Å². The van der Waals surface area contributed by atoms with E-state index in [1.807, 2.05) is 31.5 Å². The lowest BCUT2D eigenvalue weighted by atomic mass is 10.0. The lowest BCUT2D eigenvalue weighted by Crippen LogP contribution is -2.30. The van der Waals surface area contributed by atoms with Gasteiger partial charge in [-0.3, -0.25) is 9.48 Å². The van der Waals surface area contributed by atoms with E-state index in [0.29, 0.717) is 25.8 Å². The highest BCUT2D eigenvalue weighted by atomic mass is 16.1. The van der Waals surface area contributed by atoms with Crippen molar-refractivity contribution in [1.82, 2.24) is 15.1 Å². The van der Waals surface area contributed by atoms with Crippen LogP contribution in [0.15, 0.2) is 16.3 Å². The molecule has 1 atom stereocenters. The Kier molecular flexibility index (Phi) is 4.96. The highest BCUT2D eigenvalue weighted by molar-refractivity contribution is 5.76. The van der Waals surface area contributed by atoms with E-state index in [9.17, 15) is 4.79 Å². The van der Waals surface area contributed by atoms with Crippen molar-refractivity contribution in [3.8, 4) is 12.3 Å². The zero-order chi connectivity index (χ0) is 16.2. The van der Waals surface area contributed by atoms with Crippen LogP contribution >= 0.6 is 0 Å². The van der Waals surface area contributed by atoms with Crippen LogP contribution in [0.5, 0.6) is 0 Å². The molecule has 0 aliphatic carbocycles. The maximum absolute atomic E-state index is 12.0. The monoisotopic (exact) mass is 301 g/mol. The van der Waals surface area contributed by atoms with Gasteiger partial charge in [0.15, 0.2) is 5.66 Å². The summed E-state index contributed by atoms with van der Waals surface area (Å²) >= 11 is 0. The summed E-state index contributed by atoms with van der Waals surface area (Å²) < 4.78 is 1.90. The molecule has 1 amide bonds. The summed E-state index contributed by atoms with van der Waals surface area (Å²) in [6.07, 6.45) is 7.81. The van der Waals surface area contributed by atoms with Gasteiger partial charge in [-0.25, -0.2) is 0 Å². The third kappa shape index (κ3) is 4.17. The van der Waals surface area contributed by atoms with Gasteiger partial charge in [-0.2, -0.15) is 15.3 Å². The molecule has 0 saturated carbocycles. The summed E-state index contributed by atoms with van der Waals surface area (Å²) in [4.78, 5) is 12.0. The molecular weight excluding hydrogens is 278 g/mol. The van der Waals surface area contributed by atoms with Crippen molar-refractivity contribution in [2.75, 3.05) is 6.54 Å². The maximum atomic E-state index is 12.0. The Morgan fingerprint density at radius 2 is 2.18 bits per heavy atom. The van der Waals surface area contributed by atoms with Crippen LogP contribution in [0.4, 0.5) is 0 Å². The highest BCUT2D eigenvalue weighted by Gasteiger charge is 2.38. The average molecular weight is 301 g/mol. The fourth-order valence-corrected chi connectivity index (χ4v) is 2.59. The van der Waals surface area contributed by atoms with Gasteiger partial charge in [0.05, 0.1) is 11.7 Å². The van der Waals surface area contributed by atoms with E-state index < -0.39 is 0 Å². The molecule has 6 heteroatoms. The third-order valence-electron chi connectivity index (χ3n) is 3.84. The van der Waals surface area contributed by atoms with Crippen molar-refractivity contribution >= 4 is 5.91 Å². The molecule has 0 bridgehead atoms. The Bertz CT molecular complexity index is 605. The molecule has 1 aromatic rings. The van der Waals surface area contributed by atoms with E-state index in [2.05, 4.69) is 26.6 Å². The molecule has 1 N–H and O–H groups in total. The number of rotatable bonds is 8. The van der Waals surface area contributed by atoms with Crippen LogP contribution in [0.2, 0.25) is 0 Å². The number of hydrogen-bond acceptors (Lipinski definition) is 4. The number of hydrogen-bond donors (Lipinski definition) is 1. The summed E-state index contributed by atoms with van der Waals surface area (Å²) in [6.45, 7) is 6.52. The minimum absolute atomic E-state index is 0.0211. The summed E-state index contributed by atoms with van der Waals surface area (Å²) in [7, 11) is 0. The van der Waals surface area contributed by atoms with Crippen LogP contribution in [-0.4, -0.2) is 27.9 Å². The topological polar surface area (TPSA) is 71.6 Å². The van der Waals surface area contributed by atoms with Crippen molar-refractivity contribution in [2.45, 2.75) is 58.2 Å². The number of carbonyl (C=O) groups excluding carboxylic acids is 1. The SMILES string of the molecule is C#CCCC1(CCNC(=O)CC(C)n2nc(C)cc2C)N=N1. The maximum Gasteiger partial charge on any atom is 0.222 e. The second-order valence-electron chi connectivity index (χ2n) is 5.91. The van der Waals surface area contributed by atoms with E-state index in [1.165, 1.54) is 0 Å². The summed E-state index contributed by atoms with van der Waals surface area (Å²) in [5.74, 6) is 2.62. The van der Waals surface area contributed by atoms with Gasteiger partial charge in [0.1, 0.15) is 0 Å². The van der Waals surface area contributed by atoms with E-state index in [0.717, 1.165) is 17.8 Å². The lowest BCUT2D eigenvalue weighted by molar-refractivity contribution is -0.121. The summed E-state index contributed by atoms with van der Waals surface area (Å²) in [6, 6.07) is 2.05. The Balaban J connectivity index is 1.72. The minimum atomic E-state index is -0.332. The highest BCUT2D eigenvalue weighted by Crippen LogP contribution is 2.36. The van der Waals surface area contributed by atoms with Crippen LogP contribution in [0.1, 0.15) is 50.0 Å². The Labute approximate surface area is 131 Å². The van der Waals surface area contributed by atoms with Gasteiger partial charge in [0, 0.05) is 37.9 Å². The minimum Gasteiger partial charge on any atom is -0.356 e. The summed E-state index contributed by atoms with van der Waals surface area (Å²) in [5, 5.41) is 15.5. The van der Waals surface area contributed by atoms with Gasteiger partial charge in [-0.15, -0.1) is 12.3 Å². The van der Waals surface area contributed by atoms with E-state index in [1.54, 1.807) is 0 Å². The Morgan fingerprint density at radius 3 is 2.73 bits per heavy atom. The second kappa shape index (κ2) is 6.73. The molecule has 118 valence electrons. The molecule has 0 saturated heterocycles. The normalized spacial score (nSPS) is 16.1. The quantitative estimate of drug-likeness (QED) is 0.749. The molecule has 1 aromatic heterocycles. The number of terminal acetylenes is 1. The Hall–Kier alpha value is -2.16. The molecule has 0 aromatic carbocycles. The van der Waals surface area contributed by atoms with Crippen molar-refractivity contribution < 1.29 is 4.79 Å². The number of nitrogens with zero attached hydrogens (tertiary/aromatic N) is 4. The molecule has 0 radical (unpaired) electrons. The first-order valence-corrected chi connectivity index (χ1v) is 7.63. The predicted molar refractivity (Wildman–Crippen MR) is 84.3 cm³/mol. The van der Waals surface area contributed by atoms with E-state index in [-0.39, 0.29) is 17.6 Å². The number of aromatic nitrogens is 2. The molecule has 0 spiro atoms. The molecule has 6 nitrogen and oxygen atoms in total.